The minimum atomic E-state index is 0.610. The Kier molecular flexibility index (Phi) is 8.45. The quantitative estimate of drug-likeness (QED) is 0.163. The molecule has 276 valence electrons. The fourth-order valence-electron chi connectivity index (χ4n) is 8.33. The Morgan fingerprint density at radius 3 is 1.31 bits per heavy atom. The molecule has 0 spiro atoms. The number of rotatable bonds is 7. The molecule has 1 aromatic heterocycles. The highest BCUT2D eigenvalue weighted by Gasteiger charge is 2.23. The highest BCUT2D eigenvalue weighted by atomic mass is 16.5. The van der Waals surface area contributed by atoms with Gasteiger partial charge in [0.05, 0.1) is 0 Å². The van der Waals surface area contributed by atoms with Crippen LogP contribution in [0.5, 0.6) is 11.5 Å². The maximum absolute atomic E-state index is 6.55. The van der Waals surface area contributed by atoms with Crippen LogP contribution in [0, 0.1) is 0 Å². The fraction of sp³-hybridized carbons (Fsp3) is 0. The molecule has 0 N–H and O–H groups in total. The lowest BCUT2D eigenvalue weighted by Gasteiger charge is -2.23. The summed E-state index contributed by atoms with van der Waals surface area (Å²) in [6.07, 6.45) is 0. The van der Waals surface area contributed by atoms with Crippen LogP contribution in [0.15, 0.2) is 212 Å². The average molecular weight is 754 g/mol. The maximum Gasteiger partial charge on any atom is 0.164 e. The van der Waals surface area contributed by atoms with Gasteiger partial charge in [-0.1, -0.05) is 194 Å². The molecule has 1 aliphatic rings. The van der Waals surface area contributed by atoms with Crippen molar-refractivity contribution in [2.75, 3.05) is 0 Å². The van der Waals surface area contributed by atoms with Crippen molar-refractivity contribution in [1.29, 1.82) is 0 Å². The van der Waals surface area contributed by atoms with Crippen molar-refractivity contribution in [3.8, 4) is 101 Å². The van der Waals surface area contributed by atoms with Gasteiger partial charge in [-0.3, -0.25) is 0 Å². The van der Waals surface area contributed by atoms with Crippen molar-refractivity contribution < 1.29 is 4.74 Å². The minimum absolute atomic E-state index is 0.610. The molecule has 0 fully saturated rings. The van der Waals surface area contributed by atoms with E-state index >= 15 is 0 Å². The lowest BCUT2D eigenvalue weighted by atomic mass is 9.89. The molecule has 10 aromatic rings. The van der Waals surface area contributed by atoms with E-state index in [9.17, 15) is 0 Å². The van der Waals surface area contributed by atoms with Gasteiger partial charge in [0, 0.05) is 27.6 Å². The number of nitrogens with zero attached hydrogens (tertiary/aromatic N) is 3. The summed E-state index contributed by atoms with van der Waals surface area (Å²) in [7, 11) is 0. The van der Waals surface area contributed by atoms with Gasteiger partial charge in [-0.2, -0.15) is 0 Å². The van der Waals surface area contributed by atoms with E-state index < -0.39 is 0 Å². The second-order valence-corrected chi connectivity index (χ2v) is 14.7. The zero-order chi connectivity index (χ0) is 39.1. The van der Waals surface area contributed by atoms with Gasteiger partial charge in [0.2, 0.25) is 0 Å². The average Bonchev–Trinajstić information content (AvgIpc) is 3.32. The van der Waals surface area contributed by atoms with Crippen LogP contribution < -0.4 is 4.74 Å². The summed E-state index contributed by atoms with van der Waals surface area (Å²) in [5, 5.41) is 2.32. The molecule has 59 heavy (non-hydrogen) atoms. The predicted octanol–water partition coefficient (Wildman–Crippen LogP) is 14.5. The third kappa shape index (κ3) is 6.24. The first-order chi connectivity index (χ1) is 29.2. The van der Waals surface area contributed by atoms with Gasteiger partial charge in [-0.15, -0.1) is 0 Å². The van der Waals surface area contributed by atoms with E-state index in [-0.39, 0.29) is 0 Å². The zero-order valence-electron chi connectivity index (χ0n) is 32.0. The summed E-state index contributed by atoms with van der Waals surface area (Å²) in [6.45, 7) is 0. The number of hydrogen-bond acceptors (Lipinski definition) is 4. The molecule has 0 saturated heterocycles. The van der Waals surface area contributed by atoms with E-state index in [1.807, 2.05) is 24.3 Å². The molecule has 4 heteroatoms. The Morgan fingerprint density at radius 2 is 0.712 bits per heavy atom. The van der Waals surface area contributed by atoms with Crippen LogP contribution in [-0.4, -0.2) is 15.0 Å². The van der Waals surface area contributed by atoms with Gasteiger partial charge < -0.3 is 4.74 Å². The molecular formula is C55H35N3O. The Hall–Kier alpha value is -7.95. The zero-order valence-corrected chi connectivity index (χ0v) is 32.0. The molecule has 0 radical (unpaired) electrons. The number of ether oxygens (including phenoxy) is 1. The van der Waals surface area contributed by atoms with Crippen molar-refractivity contribution in [3.05, 3.63) is 212 Å². The first-order valence-corrected chi connectivity index (χ1v) is 19.9. The lowest BCUT2D eigenvalue weighted by molar-refractivity contribution is 0.487. The van der Waals surface area contributed by atoms with Gasteiger partial charge >= 0.3 is 0 Å². The molecule has 0 amide bonds. The van der Waals surface area contributed by atoms with Gasteiger partial charge in [0.25, 0.3) is 0 Å². The largest absolute Gasteiger partial charge is 0.456 e. The molecule has 0 bridgehead atoms. The standard InChI is InChI=1S/C55H35N3O/c1-4-15-37(16-5-1)42-21-10-12-23-47(42)54-56-53(57-55(58-54)48-24-13-11-22-43(48)38-17-6-2-7-18-38)40-29-27-36(28-30-40)41-31-33-50-49(35-41)46-26-14-25-45-44(39-19-8-3-9-20-39)32-34-51(59-50)52(45)46/h1-35H. The number of hydrogen-bond donors (Lipinski definition) is 0. The summed E-state index contributed by atoms with van der Waals surface area (Å²) in [5.41, 5.74) is 14.0. The monoisotopic (exact) mass is 753 g/mol. The lowest BCUT2D eigenvalue weighted by Crippen LogP contribution is -2.02. The molecule has 0 unspecified atom stereocenters. The van der Waals surface area contributed by atoms with E-state index in [2.05, 4.69) is 188 Å². The van der Waals surface area contributed by atoms with Crippen molar-refractivity contribution in [2.24, 2.45) is 0 Å². The predicted molar refractivity (Wildman–Crippen MR) is 241 cm³/mol. The fourth-order valence-corrected chi connectivity index (χ4v) is 8.33. The van der Waals surface area contributed by atoms with Crippen LogP contribution in [0.3, 0.4) is 0 Å². The van der Waals surface area contributed by atoms with Gasteiger partial charge in [-0.25, -0.2) is 15.0 Å². The van der Waals surface area contributed by atoms with Crippen molar-refractivity contribution in [3.63, 3.8) is 0 Å². The van der Waals surface area contributed by atoms with E-state index in [4.69, 9.17) is 19.7 Å². The number of aromatic nitrogens is 3. The smallest absolute Gasteiger partial charge is 0.164 e. The molecule has 4 nitrogen and oxygen atoms in total. The third-order valence-corrected chi connectivity index (χ3v) is 11.2. The van der Waals surface area contributed by atoms with E-state index in [1.54, 1.807) is 0 Å². The second kappa shape index (κ2) is 14.5. The molecule has 2 heterocycles. The van der Waals surface area contributed by atoms with E-state index in [0.717, 1.165) is 72.5 Å². The van der Waals surface area contributed by atoms with Crippen LogP contribution in [-0.2, 0) is 0 Å². The van der Waals surface area contributed by atoms with Gasteiger partial charge in [0.1, 0.15) is 11.5 Å². The van der Waals surface area contributed by atoms with Crippen LogP contribution in [0.4, 0.5) is 0 Å². The van der Waals surface area contributed by atoms with Crippen LogP contribution in [0.25, 0.3) is 101 Å². The highest BCUT2D eigenvalue weighted by Crippen LogP contribution is 2.49. The van der Waals surface area contributed by atoms with Crippen molar-refractivity contribution in [1.82, 2.24) is 15.0 Å². The Labute approximate surface area is 342 Å². The molecular weight excluding hydrogens is 719 g/mol. The third-order valence-electron chi connectivity index (χ3n) is 11.2. The van der Waals surface area contributed by atoms with Gasteiger partial charge in [0.15, 0.2) is 17.5 Å². The molecule has 0 aliphatic carbocycles. The first kappa shape index (κ1) is 34.3. The second-order valence-electron chi connectivity index (χ2n) is 14.7. The minimum Gasteiger partial charge on any atom is -0.456 e. The molecule has 0 saturated carbocycles. The normalized spacial score (nSPS) is 11.5. The van der Waals surface area contributed by atoms with Crippen molar-refractivity contribution >= 4 is 10.8 Å². The summed E-state index contributed by atoms with van der Waals surface area (Å²) in [6, 6.07) is 73.9. The first-order valence-electron chi connectivity index (χ1n) is 19.9. The summed E-state index contributed by atoms with van der Waals surface area (Å²) >= 11 is 0. The van der Waals surface area contributed by atoms with Crippen LogP contribution in [0.2, 0.25) is 0 Å². The topological polar surface area (TPSA) is 47.9 Å². The van der Waals surface area contributed by atoms with Gasteiger partial charge in [-0.05, 0) is 73.7 Å². The number of fused-ring (bicyclic) bond motifs is 2. The SMILES string of the molecule is c1ccc(-c2ccccc2-c2nc(-c3ccc(-c4ccc5c(c4)-c4cccc6c(-c7ccccc7)ccc(c46)O5)cc3)nc(-c3ccccc3-c3ccccc3)n2)cc1. The van der Waals surface area contributed by atoms with E-state index in [1.165, 1.54) is 22.1 Å². The summed E-state index contributed by atoms with van der Waals surface area (Å²) in [4.78, 5) is 15.6. The van der Waals surface area contributed by atoms with Crippen LogP contribution >= 0.6 is 0 Å². The Morgan fingerprint density at radius 1 is 0.254 bits per heavy atom. The molecule has 11 rings (SSSR count). The van der Waals surface area contributed by atoms with E-state index in [0.29, 0.717) is 17.5 Å². The molecule has 1 aliphatic heterocycles. The Balaban J connectivity index is 1.01. The van der Waals surface area contributed by atoms with Crippen LogP contribution in [0.1, 0.15) is 0 Å². The molecule has 9 aromatic carbocycles. The summed E-state index contributed by atoms with van der Waals surface area (Å²) < 4.78 is 6.55. The highest BCUT2D eigenvalue weighted by molar-refractivity contribution is 6.10. The molecule has 0 atom stereocenters. The Bertz CT molecular complexity index is 3060. The van der Waals surface area contributed by atoms with Crippen molar-refractivity contribution in [2.45, 2.75) is 0 Å². The maximum atomic E-state index is 6.55. The summed E-state index contributed by atoms with van der Waals surface area (Å²) in [5.74, 6) is 3.59. The number of benzene rings is 9.